The molecule has 2 aromatic carbocycles. The number of benzene rings is 2. The number of rotatable bonds is 7. The molecule has 0 fully saturated rings. The van der Waals surface area contributed by atoms with Crippen LogP contribution in [0.4, 0.5) is 13.6 Å². The molecular weight excluding hydrogens is 392 g/mol. The Labute approximate surface area is 172 Å². The number of hydrogen-bond acceptors (Lipinski definition) is 3. The maximum atomic E-state index is 13.4. The van der Waals surface area contributed by atoms with Gasteiger partial charge in [-0.2, -0.15) is 0 Å². The average Bonchev–Trinajstić information content (AvgIpc) is 3.03. The van der Waals surface area contributed by atoms with Crippen molar-refractivity contribution >= 4 is 22.9 Å². The minimum atomic E-state index is -0.472. The summed E-state index contributed by atoms with van der Waals surface area (Å²) < 4.78 is 32.3. The molecule has 8 heteroatoms. The van der Waals surface area contributed by atoms with Crippen molar-refractivity contribution in [1.29, 1.82) is 0 Å². The van der Waals surface area contributed by atoms with Crippen LogP contribution < -0.4 is 16.0 Å². The molecule has 1 unspecified atom stereocenters. The first-order valence-corrected chi connectivity index (χ1v) is 9.62. The molecule has 30 heavy (non-hydrogen) atoms. The van der Waals surface area contributed by atoms with Crippen molar-refractivity contribution in [3.63, 3.8) is 0 Å². The highest BCUT2D eigenvalue weighted by molar-refractivity contribution is 5.94. The van der Waals surface area contributed by atoms with Crippen molar-refractivity contribution in [2.75, 3.05) is 13.1 Å². The minimum Gasteiger partial charge on any atom is -0.459 e. The number of urea groups is 1. The molecule has 3 rings (SSSR count). The number of nitrogens with one attached hydrogen (secondary N) is 3. The van der Waals surface area contributed by atoms with Crippen molar-refractivity contribution in [3.05, 3.63) is 71.0 Å². The average molecular weight is 415 g/mol. The third-order valence-electron chi connectivity index (χ3n) is 4.69. The van der Waals surface area contributed by atoms with Gasteiger partial charge in [-0.1, -0.05) is 6.07 Å². The fourth-order valence-electron chi connectivity index (χ4n) is 3.16. The van der Waals surface area contributed by atoms with Crippen molar-refractivity contribution in [3.8, 4) is 0 Å². The quantitative estimate of drug-likeness (QED) is 0.506. The monoisotopic (exact) mass is 415 g/mol. The first-order valence-electron chi connectivity index (χ1n) is 9.62. The van der Waals surface area contributed by atoms with Crippen LogP contribution in [0.1, 0.15) is 41.1 Å². The molecule has 0 radical (unpaired) electrons. The third-order valence-corrected chi connectivity index (χ3v) is 4.69. The second-order valence-electron chi connectivity index (χ2n) is 6.97. The fraction of sp³-hybridized carbons (Fsp3) is 0.273. The molecular formula is C22H23F2N3O3. The molecule has 0 aliphatic carbocycles. The Morgan fingerprint density at radius 3 is 2.53 bits per heavy atom. The summed E-state index contributed by atoms with van der Waals surface area (Å²) in [6, 6.07) is 8.93. The van der Waals surface area contributed by atoms with Crippen LogP contribution in [0.25, 0.3) is 11.0 Å². The first-order chi connectivity index (χ1) is 14.3. The van der Waals surface area contributed by atoms with E-state index in [1.165, 1.54) is 30.3 Å². The number of furan rings is 1. The number of aryl methyl sites for hydroxylation is 1. The second-order valence-corrected chi connectivity index (χ2v) is 6.97. The summed E-state index contributed by atoms with van der Waals surface area (Å²) in [5, 5.41) is 8.83. The largest absolute Gasteiger partial charge is 0.459 e. The van der Waals surface area contributed by atoms with Gasteiger partial charge in [0.05, 0.1) is 6.04 Å². The zero-order chi connectivity index (χ0) is 21.7. The Morgan fingerprint density at radius 1 is 1.03 bits per heavy atom. The van der Waals surface area contributed by atoms with Crippen molar-refractivity contribution in [2.45, 2.75) is 26.3 Å². The van der Waals surface area contributed by atoms with Gasteiger partial charge in [0.15, 0.2) is 0 Å². The van der Waals surface area contributed by atoms with Gasteiger partial charge in [0.1, 0.15) is 23.0 Å². The highest BCUT2D eigenvalue weighted by Gasteiger charge is 2.18. The molecule has 1 heterocycles. The molecule has 1 atom stereocenters. The lowest BCUT2D eigenvalue weighted by Crippen LogP contribution is -2.38. The molecule has 3 aromatic rings. The van der Waals surface area contributed by atoms with E-state index in [1.54, 1.807) is 13.0 Å². The third kappa shape index (κ3) is 5.14. The van der Waals surface area contributed by atoms with E-state index in [9.17, 15) is 18.4 Å². The SMILES string of the molecule is Cc1c(C(C)NC(=O)NCCCNC(=O)c2cccc(F)c2)oc2ccc(F)cc12. The molecule has 0 aliphatic heterocycles. The summed E-state index contributed by atoms with van der Waals surface area (Å²) in [6.45, 7) is 4.27. The van der Waals surface area contributed by atoms with Crippen LogP contribution in [0, 0.1) is 18.6 Å². The molecule has 0 bridgehead atoms. The normalized spacial score (nSPS) is 11.9. The summed E-state index contributed by atoms with van der Waals surface area (Å²) in [5.74, 6) is -0.627. The summed E-state index contributed by atoms with van der Waals surface area (Å²) in [6.07, 6.45) is 0.506. The van der Waals surface area contributed by atoms with Crippen LogP contribution in [0.5, 0.6) is 0 Å². The Morgan fingerprint density at radius 2 is 1.77 bits per heavy atom. The van der Waals surface area contributed by atoms with Gasteiger partial charge in [0.25, 0.3) is 5.91 Å². The van der Waals surface area contributed by atoms with Crippen LogP contribution >= 0.6 is 0 Å². The molecule has 158 valence electrons. The number of carbonyl (C=O) groups is 2. The van der Waals surface area contributed by atoms with Gasteiger partial charge < -0.3 is 20.4 Å². The predicted octanol–water partition coefficient (Wildman–Crippen LogP) is 4.20. The highest BCUT2D eigenvalue weighted by Crippen LogP contribution is 2.29. The minimum absolute atomic E-state index is 0.246. The van der Waals surface area contributed by atoms with Gasteiger partial charge in [-0.25, -0.2) is 13.6 Å². The Kier molecular flexibility index (Phi) is 6.66. The van der Waals surface area contributed by atoms with Crippen molar-refractivity contribution < 1.29 is 22.8 Å². The Hall–Kier alpha value is -3.42. The smallest absolute Gasteiger partial charge is 0.315 e. The topological polar surface area (TPSA) is 83.4 Å². The van der Waals surface area contributed by atoms with E-state index in [-0.39, 0.29) is 23.3 Å². The lowest BCUT2D eigenvalue weighted by molar-refractivity contribution is 0.0953. The van der Waals surface area contributed by atoms with Gasteiger partial charge in [0.2, 0.25) is 0 Å². The van der Waals surface area contributed by atoms with Crippen molar-refractivity contribution in [1.82, 2.24) is 16.0 Å². The number of fused-ring (bicyclic) bond motifs is 1. The van der Waals surface area contributed by atoms with Gasteiger partial charge in [-0.3, -0.25) is 4.79 Å². The Balaban J connectivity index is 1.42. The first kappa shape index (κ1) is 21.3. The number of amides is 3. The fourth-order valence-corrected chi connectivity index (χ4v) is 3.16. The maximum absolute atomic E-state index is 13.4. The summed E-state index contributed by atoms with van der Waals surface area (Å²) in [5.41, 5.74) is 1.58. The van der Waals surface area contributed by atoms with Gasteiger partial charge in [-0.05, 0) is 56.7 Å². The van der Waals surface area contributed by atoms with E-state index in [0.29, 0.717) is 36.2 Å². The van der Waals surface area contributed by atoms with Gasteiger partial charge in [-0.15, -0.1) is 0 Å². The van der Waals surface area contributed by atoms with E-state index >= 15 is 0 Å². The second kappa shape index (κ2) is 9.39. The van der Waals surface area contributed by atoms with Crippen LogP contribution in [0.3, 0.4) is 0 Å². The zero-order valence-electron chi connectivity index (χ0n) is 16.7. The molecule has 0 saturated carbocycles. The van der Waals surface area contributed by atoms with Crippen LogP contribution in [-0.2, 0) is 0 Å². The van der Waals surface area contributed by atoms with Crippen LogP contribution in [0.15, 0.2) is 46.9 Å². The predicted molar refractivity (Wildman–Crippen MR) is 109 cm³/mol. The van der Waals surface area contributed by atoms with Crippen LogP contribution in [0.2, 0.25) is 0 Å². The van der Waals surface area contributed by atoms with E-state index in [0.717, 1.165) is 11.6 Å². The molecule has 6 nitrogen and oxygen atoms in total. The Bertz CT molecular complexity index is 1060. The number of hydrogen-bond donors (Lipinski definition) is 3. The summed E-state index contributed by atoms with van der Waals surface area (Å²) in [7, 11) is 0. The van der Waals surface area contributed by atoms with E-state index in [4.69, 9.17) is 4.42 Å². The molecule has 3 N–H and O–H groups in total. The number of carbonyl (C=O) groups excluding carboxylic acids is 2. The van der Waals surface area contributed by atoms with E-state index < -0.39 is 11.9 Å². The molecule has 3 amide bonds. The van der Waals surface area contributed by atoms with Crippen molar-refractivity contribution in [2.24, 2.45) is 0 Å². The van der Waals surface area contributed by atoms with E-state index in [1.807, 2.05) is 6.92 Å². The highest BCUT2D eigenvalue weighted by atomic mass is 19.1. The van der Waals surface area contributed by atoms with Crippen LogP contribution in [-0.4, -0.2) is 25.0 Å². The lowest BCUT2D eigenvalue weighted by atomic mass is 10.1. The molecule has 0 spiro atoms. The standard InChI is InChI=1S/C22H23F2N3O3/c1-13-18-12-17(24)7-8-19(18)30-20(13)14(2)27-22(29)26-10-4-9-25-21(28)15-5-3-6-16(23)11-15/h3,5-8,11-12,14H,4,9-10H2,1-2H3,(H,25,28)(H2,26,27,29). The summed E-state index contributed by atoms with van der Waals surface area (Å²) >= 11 is 0. The maximum Gasteiger partial charge on any atom is 0.315 e. The number of halogens is 2. The lowest BCUT2D eigenvalue weighted by Gasteiger charge is -2.13. The molecule has 0 aliphatic rings. The molecule has 1 aromatic heterocycles. The summed E-state index contributed by atoms with van der Waals surface area (Å²) in [4.78, 5) is 24.0. The zero-order valence-corrected chi connectivity index (χ0v) is 16.7. The van der Waals surface area contributed by atoms with Gasteiger partial charge in [0, 0.05) is 29.6 Å². The molecule has 0 saturated heterocycles. The van der Waals surface area contributed by atoms with Gasteiger partial charge >= 0.3 is 6.03 Å². The van der Waals surface area contributed by atoms with E-state index in [2.05, 4.69) is 16.0 Å².